The summed E-state index contributed by atoms with van der Waals surface area (Å²) in [6.07, 6.45) is 2.65. The summed E-state index contributed by atoms with van der Waals surface area (Å²) in [4.78, 5) is 9.22. The Balaban J connectivity index is 0.00000126. The van der Waals surface area contributed by atoms with Gasteiger partial charge in [-0.3, -0.25) is 0 Å². The molecule has 0 fully saturated rings. The lowest BCUT2D eigenvalue weighted by molar-refractivity contribution is 0.271. The van der Waals surface area contributed by atoms with E-state index >= 15 is 0 Å². The fourth-order valence-corrected chi connectivity index (χ4v) is 2.75. The molecule has 0 saturated carbocycles. The molecule has 0 aliphatic rings. The summed E-state index contributed by atoms with van der Waals surface area (Å²) >= 11 is 0. The number of aliphatic hydroxyl groups excluding tert-OH is 1. The van der Waals surface area contributed by atoms with Crippen LogP contribution >= 0.6 is 0 Å². The zero-order valence-corrected chi connectivity index (χ0v) is 16.7. The Labute approximate surface area is 161 Å². The molecule has 0 aliphatic heterocycles. The maximum Gasteiger partial charge on any atom is 0.164 e. The van der Waals surface area contributed by atoms with Crippen LogP contribution in [0, 0.1) is 0 Å². The number of nitrogens with one attached hydrogen (secondary N) is 2. The molecule has 2 heterocycles. The standard InChI is InChI=1S/C19H25N5O.C2H6/c1-3-15(12-25)22-17-10-16(20-11-14-8-6-5-7-9-14)18-19(23-17)24(4-2)13-21-18;1-2/h5-10,13,15,25H,3-4,11-12H2,1-2H3,(H2,20,22,23);1-2H3/t15-;/m0./s1. The van der Waals surface area contributed by atoms with Gasteiger partial charge in [-0.1, -0.05) is 51.1 Å². The van der Waals surface area contributed by atoms with Gasteiger partial charge >= 0.3 is 0 Å². The smallest absolute Gasteiger partial charge is 0.164 e. The van der Waals surface area contributed by atoms with Gasteiger partial charge in [-0.05, 0) is 18.9 Å². The highest BCUT2D eigenvalue weighted by Crippen LogP contribution is 2.25. The number of aromatic nitrogens is 3. The monoisotopic (exact) mass is 369 g/mol. The number of hydrogen-bond donors (Lipinski definition) is 3. The van der Waals surface area contributed by atoms with Crippen molar-refractivity contribution in [2.45, 2.75) is 53.2 Å². The Hall–Kier alpha value is -2.60. The van der Waals surface area contributed by atoms with Gasteiger partial charge in [-0.15, -0.1) is 0 Å². The van der Waals surface area contributed by atoms with Crippen molar-refractivity contribution in [2.24, 2.45) is 0 Å². The first-order valence-electron chi connectivity index (χ1n) is 9.76. The molecule has 1 aromatic carbocycles. The molecule has 6 nitrogen and oxygen atoms in total. The Morgan fingerprint density at radius 2 is 1.89 bits per heavy atom. The third-order valence-corrected chi connectivity index (χ3v) is 4.30. The maximum absolute atomic E-state index is 9.46. The highest BCUT2D eigenvalue weighted by Gasteiger charge is 2.13. The van der Waals surface area contributed by atoms with Gasteiger partial charge in [0, 0.05) is 19.2 Å². The summed E-state index contributed by atoms with van der Waals surface area (Å²) in [5.41, 5.74) is 3.85. The number of hydrogen-bond acceptors (Lipinski definition) is 5. The van der Waals surface area contributed by atoms with Crippen LogP contribution in [0.3, 0.4) is 0 Å². The lowest BCUT2D eigenvalue weighted by atomic mass is 10.2. The van der Waals surface area contributed by atoms with E-state index in [1.165, 1.54) is 5.56 Å². The summed E-state index contributed by atoms with van der Waals surface area (Å²) in [5.74, 6) is 0.749. The van der Waals surface area contributed by atoms with Crippen LogP contribution in [-0.2, 0) is 13.1 Å². The Morgan fingerprint density at radius 1 is 1.15 bits per heavy atom. The molecule has 0 saturated heterocycles. The van der Waals surface area contributed by atoms with E-state index in [0.717, 1.165) is 42.2 Å². The van der Waals surface area contributed by atoms with Crippen LogP contribution in [0.1, 0.15) is 39.7 Å². The van der Waals surface area contributed by atoms with E-state index < -0.39 is 0 Å². The van der Waals surface area contributed by atoms with Crippen LogP contribution in [0.4, 0.5) is 11.5 Å². The Bertz CT molecular complexity index is 812. The minimum absolute atomic E-state index is 0.00933. The fourth-order valence-electron chi connectivity index (χ4n) is 2.75. The van der Waals surface area contributed by atoms with Crippen molar-refractivity contribution in [3.8, 4) is 0 Å². The van der Waals surface area contributed by atoms with Gasteiger partial charge in [-0.25, -0.2) is 9.97 Å². The number of anilines is 2. The largest absolute Gasteiger partial charge is 0.394 e. The minimum atomic E-state index is -0.00933. The quantitative estimate of drug-likeness (QED) is 0.553. The van der Waals surface area contributed by atoms with Gasteiger partial charge in [0.25, 0.3) is 0 Å². The molecule has 0 bridgehead atoms. The molecule has 2 aromatic heterocycles. The second kappa shape index (κ2) is 10.5. The van der Waals surface area contributed by atoms with Crippen molar-refractivity contribution in [3.63, 3.8) is 0 Å². The predicted molar refractivity (Wildman–Crippen MR) is 113 cm³/mol. The van der Waals surface area contributed by atoms with Crippen LogP contribution in [-0.4, -0.2) is 32.3 Å². The van der Waals surface area contributed by atoms with Gasteiger partial charge in [0.05, 0.1) is 24.7 Å². The second-order valence-electron chi connectivity index (χ2n) is 6.03. The average molecular weight is 370 g/mol. The van der Waals surface area contributed by atoms with Crippen molar-refractivity contribution in [1.82, 2.24) is 14.5 Å². The summed E-state index contributed by atoms with van der Waals surface area (Å²) in [7, 11) is 0. The van der Waals surface area contributed by atoms with E-state index in [1.807, 2.05) is 55.9 Å². The molecule has 146 valence electrons. The summed E-state index contributed by atoms with van der Waals surface area (Å²) < 4.78 is 2.02. The van der Waals surface area contributed by atoms with Gasteiger partial charge in [0.2, 0.25) is 0 Å². The number of nitrogens with zero attached hydrogens (tertiary/aromatic N) is 3. The van der Waals surface area contributed by atoms with Gasteiger partial charge in [0.1, 0.15) is 11.3 Å². The van der Waals surface area contributed by atoms with Crippen molar-refractivity contribution in [2.75, 3.05) is 17.2 Å². The van der Waals surface area contributed by atoms with Crippen LogP contribution in [0.2, 0.25) is 0 Å². The first-order valence-corrected chi connectivity index (χ1v) is 9.76. The highest BCUT2D eigenvalue weighted by molar-refractivity contribution is 5.88. The number of pyridine rings is 1. The fraction of sp³-hybridized carbons (Fsp3) is 0.429. The van der Waals surface area contributed by atoms with Crippen molar-refractivity contribution >= 4 is 22.7 Å². The molecule has 3 rings (SSSR count). The number of benzene rings is 1. The van der Waals surface area contributed by atoms with E-state index in [1.54, 1.807) is 0 Å². The molecule has 0 unspecified atom stereocenters. The van der Waals surface area contributed by atoms with Crippen LogP contribution in [0.5, 0.6) is 0 Å². The van der Waals surface area contributed by atoms with Gasteiger partial charge < -0.3 is 20.3 Å². The van der Waals surface area contributed by atoms with Crippen LogP contribution < -0.4 is 10.6 Å². The maximum atomic E-state index is 9.46. The number of imidazole rings is 1. The Kier molecular flexibility index (Phi) is 8.07. The third-order valence-electron chi connectivity index (χ3n) is 4.30. The van der Waals surface area contributed by atoms with Gasteiger partial charge in [-0.2, -0.15) is 0 Å². The molecule has 0 amide bonds. The molecule has 0 spiro atoms. The molecular weight excluding hydrogens is 338 g/mol. The first-order chi connectivity index (χ1) is 13.2. The zero-order valence-electron chi connectivity index (χ0n) is 16.7. The van der Waals surface area contributed by atoms with E-state index in [2.05, 4.69) is 34.7 Å². The zero-order chi connectivity index (χ0) is 19.6. The molecular formula is C21H31N5O. The van der Waals surface area contributed by atoms with E-state index in [9.17, 15) is 5.11 Å². The summed E-state index contributed by atoms with van der Waals surface area (Å²) in [5, 5.41) is 16.2. The molecule has 0 radical (unpaired) electrons. The van der Waals surface area contributed by atoms with E-state index in [4.69, 9.17) is 4.98 Å². The number of rotatable bonds is 8. The molecule has 6 heteroatoms. The molecule has 3 N–H and O–H groups in total. The highest BCUT2D eigenvalue weighted by atomic mass is 16.3. The number of aliphatic hydroxyl groups is 1. The molecule has 1 atom stereocenters. The van der Waals surface area contributed by atoms with Crippen molar-refractivity contribution < 1.29 is 5.11 Å². The SMILES string of the molecule is CC.CC[C@@H](CO)Nc1cc(NCc2ccccc2)c2ncn(CC)c2n1. The topological polar surface area (TPSA) is 75.0 Å². The molecule has 3 aromatic rings. The van der Waals surface area contributed by atoms with Crippen LogP contribution in [0.25, 0.3) is 11.2 Å². The molecule has 27 heavy (non-hydrogen) atoms. The van der Waals surface area contributed by atoms with Crippen molar-refractivity contribution in [3.05, 3.63) is 48.3 Å². The normalized spacial score (nSPS) is 11.6. The number of aryl methyl sites for hydroxylation is 1. The third kappa shape index (κ3) is 5.20. The van der Waals surface area contributed by atoms with Crippen LogP contribution in [0.15, 0.2) is 42.7 Å². The molecule has 0 aliphatic carbocycles. The van der Waals surface area contributed by atoms with E-state index in [-0.39, 0.29) is 12.6 Å². The summed E-state index contributed by atoms with van der Waals surface area (Å²) in [6, 6.07) is 12.2. The first kappa shape index (κ1) is 20.7. The predicted octanol–water partition coefficient (Wildman–Crippen LogP) is 4.27. The minimum Gasteiger partial charge on any atom is -0.394 e. The van der Waals surface area contributed by atoms with E-state index in [0.29, 0.717) is 0 Å². The lowest BCUT2D eigenvalue weighted by Gasteiger charge is -2.16. The average Bonchev–Trinajstić information content (AvgIpc) is 3.15. The number of fused-ring (bicyclic) bond motifs is 1. The second-order valence-corrected chi connectivity index (χ2v) is 6.03. The lowest BCUT2D eigenvalue weighted by Crippen LogP contribution is -2.23. The van der Waals surface area contributed by atoms with Crippen molar-refractivity contribution in [1.29, 1.82) is 0 Å². The van der Waals surface area contributed by atoms with Gasteiger partial charge in [0.15, 0.2) is 5.65 Å². The Morgan fingerprint density at radius 3 is 2.52 bits per heavy atom. The summed E-state index contributed by atoms with van der Waals surface area (Å²) in [6.45, 7) is 9.72.